The number of aliphatic hydroxyl groups excluding tert-OH is 2. The monoisotopic (exact) mass is 449 g/mol. The Hall–Kier alpha value is -1.59. The quantitative estimate of drug-likeness (QED) is 0.657. The SMILES string of the molecule is CC(O)CC(C)c1cccc2c1C[C@H](CO)N(C(=O)Cc1c(Cl)cccc1Cl)[C@H]2C. The summed E-state index contributed by atoms with van der Waals surface area (Å²) in [5.74, 6) is 0.0836. The molecule has 0 radical (unpaired) electrons. The van der Waals surface area contributed by atoms with E-state index in [1.807, 2.05) is 13.0 Å². The van der Waals surface area contributed by atoms with Crippen molar-refractivity contribution in [3.8, 4) is 0 Å². The van der Waals surface area contributed by atoms with Gasteiger partial charge in [-0.25, -0.2) is 0 Å². The molecule has 0 saturated heterocycles. The number of hydrogen-bond acceptors (Lipinski definition) is 3. The second-order valence-corrected chi connectivity index (χ2v) is 9.11. The van der Waals surface area contributed by atoms with Crippen molar-refractivity contribution in [1.29, 1.82) is 0 Å². The summed E-state index contributed by atoms with van der Waals surface area (Å²) in [6.07, 6.45) is 0.956. The fourth-order valence-electron chi connectivity index (χ4n) is 4.67. The summed E-state index contributed by atoms with van der Waals surface area (Å²) in [6, 6.07) is 10.9. The fraction of sp³-hybridized carbons (Fsp3) is 0.458. The van der Waals surface area contributed by atoms with E-state index in [4.69, 9.17) is 23.2 Å². The number of aliphatic hydroxyl groups is 2. The molecule has 2 aromatic carbocycles. The highest BCUT2D eigenvalue weighted by atomic mass is 35.5. The van der Waals surface area contributed by atoms with Gasteiger partial charge in [-0.15, -0.1) is 0 Å². The van der Waals surface area contributed by atoms with Crippen LogP contribution < -0.4 is 0 Å². The summed E-state index contributed by atoms with van der Waals surface area (Å²) in [7, 11) is 0. The van der Waals surface area contributed by atoms with Crippen molar-refractivity contribution in [1.82, 2.24) is 4.90 Å². The molecule has 4 nitrogen and oxygen atoms in total. The van der Waals surface area contributed by atoms with Crippen LogP contribution in [0.4, 0.5) is 0 Å². The number of hydrogen-bond donors (Lipinski definition) is 2. The lowest BCUT2D eigenvalue weighted by Gasteiger charge is -2.42. The van der Waals surface area contributed by atoms with Crippen molar-refractivity contribution in [3.05, 3.63) is 68.7 Å². The third-order valence-corrected chi connectivity index (χ3v) is 6.77. The molecule has 1 aliphatic rings. The lowest BCUT2D eigenvalue weighted by molar-refractivity contribution is -0.137. The predicted octanol–water partition coefficient (Wildman–Crippen LogP) is 4.92. The van der Waals surface area contributed by atoms with E-state index in [0.29, 0.717) is 28.5 Å². The molecule has 4 atom stereocenters. The maximum Gasteiger partial charge on any atom is 0.227 e. The molecule has 1 aliphatic heterocycles. The minimum absolute atomic E-state index is 0.0901. The van der Waals surface area contributed by atoms with E-state index >= 15 is 0 Å². The predicted molar refractivity (Wildman–Crippen MR) is 121 cm³/mol. The topological polar surface area (TPSA) is 60.8 Å². The molecule has 0 bridgehead atoms. The number of amides is 1. The van der Waals surface area contributed by atoms with Crippen LogP contribution in [0.3, 0.4) is 0 Å². The summed E-state index contributed by atoms with van der Waals surface area (Å²) in [6.45, 7) is 5.78. The molecule has 162 valence electrons. The van der Waals surface area contributed by atoms with Gasteiger partial charge in [-0.1, -0.05) is 54.4 Å². The van der Waals surface area contributed by atoms with Crippen LogP contribution in [0, 0.1) is 0 Å². The molecule has 1 heterocycles. The first kappa shape index (κ1) is 23.1. The van der Waals surface area contributed by atoms with Crippen molar-refractivity contribution < 1.29 is 15.0 Å². The Labute approximate surface area is 188 Å². The van der Waals surface area contributed by atoms with Crippen LogP contribution in [-0.4, -0.2) is 39.8 Å². The first-order valence-electron chi connectivity index (χ1n) is 10.4. The molecule has 0 aromatic heterocycles. The smallest absolute Gasteiger partial charge is 0.227 e. The first-order chi connectivity index (χ1) is 14.2. The largest absolute Gasteiger partial charge is 0.394 e. The summed E-state index contributed by atoms with van der Waals surface area (Å²) in [4.78, 5) is 15.1. The molecule has 2 unspecified atom stereocenters. The van der Waals surface area contributed by atoms with Gasteiger partial charge in [-0.05, 0) is 67.0 Å². The Bertz CT molecular complexity index is 895. The van der Waals surface area contributed by atoms with Gasteiger partial charge in [-0.3, -0.25) is 4.79 Å². The molecule has 0 spiro atoms. The number of halogens is 2. The van der Waals surface area contributed by atoms with Crippen LogP contribution >= 0.6 is 23.2 Å². The average Bonchev–Trinajstić information content (AvgIpc) is 2.69. The van der Waals surface area contributed by atoms with Gasteiger partial charge >= 0.3 is 0 Å². The van der Waals surface area contributed by atoms with Crippen LogP contribution in [0.15, 0.2) is 36.4 Å². The standard InChI is InChI=1S/C24H29Cl2NO3/c1-14(10-15(2)29)18-6-4-7-19-16(3)27(17(13-28)11-20(18)19)24(30)12-21-22(25)8-5-9-23(21)26/h4-9,14-17,28-29H,10-13H2,1-3H3/t14?,15?,16-,17+/m0/s1. The Morgan fingerprint density at radius 3 is 2.40 bits per heavy atom. The zero-order valence-electron chi connectivity index (χ0n) is 17.6. The van der Waals surface area contributed by atoms with Gasteiger partial charge < -0.3 is 15.1 Å². The van der Waals surface area contributed by atoms with Gasteiger partial charge in [0.1, 0.15) is 0 Å². The first-order valence-corrected chi connectivity index (χ1v) is 11.1. The highest BCUT2D eigenvalue weighted by Gasteiger charge is 2.36. The molecule has 2 aromatic rings. The van der Waals surface area contributed by atoms with Gasteiger partial charge in [0.2, 0.25) is 5.91 Å². The zero-order chi connectivity index (χ0) is 22.0. The third kappa shape index (κ3) is 4.67. The third-order valence-electron chi connectivity index (χ3n) is 6.06. The van der Waals surface area contributed by atoms with Crippen LogP contribution in [0.5, 0.6) is 0 Å². The van der Waals surface area contributed by atoms with Crippen LogP contribution in [0.1, 0.15) is 61.4 Å². The van der Waals surface area contributed by atoms with E-state index in [9.17, 15) is 15.0 Å². The lowest BCUT2D eigenvalue weighted by atomic mass is 9.81. The molecule has 2 N–H and O–H groups in total. The molecule has 0 aliphatic carbocycles. The number of rotatable bonds is 6. The molecule has 0 saturated carbocycles. The number of fused-ring (bicyclic) bond motifs is 1. The number of nitrogens with zero attached hydrogens (tertiary/aromatic N) is 1. The summed E-state index contributed by atoms with van der Waals surface area (Å²) < 4.78 is 0. The molecule has 1 amide bonds. The minimum Gasteiger partial charge on any atom is -0.394 e. The summed E-state index contributed by atoms with van der Waals surface area (Å²) >= 11 is 12.5. The molecule has 3 rings (SSSR count). The highest BCUT2D eigenvalue weighted by molar-refractivity contribution is 6.36. The molecule has 30 heavy (non-hydrogen) atoms. The highest BCUT2D eigenvalue weighted by Crippen LogP contribution is 2.38. The zero-order valence-corrected chi connectivity index (χ0v) is 19.1. The Morgan fingerprint density at radius 1 is 1.17 bits per heavy atom. The number of carbonyl (C=O) groups is 1. The van der Waals surface area contributed by atoms with Gasteiger partial charge in [0.05, 0.1) is 31.2 Å². The minimum atomic E-state index is -0.385. The van der Waals surface area contributed by atoms with Gasteiger partial charge in [-0.2, -0.15) is 0 Å². The second-order valence-electron chi connectivity index (χ2n) is 8.30. The molecule has 0 fully saturated rings. The van der Waals surface area contributed by atoms with E-state index in [1.54, 1.807) is 30.0 Å². The number of carbonyl (C=O) groups excluding carboxylic acids is 1. The Balaban J connectivity index is 1.93. The van der Waals surface area contributed by atoms with Crippen LogP contribution in [0.2, 0.25) is 10.0 Å². The molecule has 6 heteroatoms. The Morgan fingerprint density at radius 2 is 1.80 bits per heavy atom. The van der Waals surface area contributed by atoms with Crippen molar-refractivity contribution >= 4 is 29.1 Å². The van der Waals surface area contributed by atoms with Crippen molar-refractivity contribution in [2.75, 3.05) is 6.61 Å². The van der Waals surface area contributed by atoms with Crippen molar-refractivity contribution in [2.24, 2.45) is 0 Å². The fourth-order valence-corrected chi connectivity index (χ4v) is 5.20. The molecular formula is C24H29Cl2NO3. The Kier molecular flexibility index (Phi) is 7.46. The molecular weight excluding hydrogens is 421 g/mol. The lowest BCUT2D eigenvalue weighted by Crippen LogP contribution is -2.49. The number of benzene rings is 2. The van der Waals surface area contributed by atoms with Crippen LogP contribution in [0.25, 0.3) is 0 Å². The maximum atomic E-state index is 13.3. The van der Waals surface area contributed by atoms with E-state index in [-0.39, 0.29) is 43.0 Å². The van der Waals surface area contributed by atoms with Gasteiger partial charge in [0.25, 0.3) is 0 Å². The summed E-state index contributed by atoms with van der Waals surface area (Å²) in [5, 5.41) is 20.9. The van der Waals surface area contributed by atoms with Gasteiger partial charge in [0.15, 0.2) is 0 Å². The normalized spacial score (nSPS) is 20.6. The van der Waals surface area contributed by atoms with E-state index < -0.39 is 0 Å². The van der Waals surface area contributed by atoms with E-state index in [0.717, 1.165) is 5.56 Å². The average molecular weight is 450 g/mol. The maximum absolute atomic E-state index is 13.3. The van der Waals surface area contributed by atoms with Crippen molar-refractivity contribution in [2.45, 2.75) is 64.1 Å². The van der Waals surface area contributed by atoms with Crippen molar-refractivity contribution in [3.63, 3.8) is 0 Å². The van der Waals surface area contributed by atoms with Crippen LogP contribution in [-0.2, 0) is 17.6 Å². The summed E-state index contributed by atoms with van der Waals surface area (Å²) in [5.41, 5.74) is 4.06. The second kappa shape index (κ2) is 9.69. The van der Waals surface area contributed by atoms with Gasteiger partial charge in [0, 0.05) is 10.0 Å². The van der Waals surface area contributed by atoms with E-state index in [1.165, 1.54) is 11.1 Å². The van der Waals surface area contributed by atoms with E-state index in [2.05, 4.69) is 19.1 Å².